The van der Waals surface area contributed by atoms with Crippen molar-refractivity contribution >= 4 is 19.7 Å². The molecule has 1 saturated heterocycles. The van der Waals surface area contributed by atoms with Gasteiger partial charge in [0.25, 0.3) is 0 Å². The molecule has 1 rings (SSSR count). The van der Waals surface area contributed by atoms with Crippen molar-refractivity contribution < 1.29 is 21.9 Å². The molecule has 108 valence electrons. The van der Waals surface area contributed by atoms with Crippen LogP contribution in [0.25, 0.3) is 0 Å². The molecule has 0 aromatic rings. The zero-order valence-corrected chi connectivity index (χ0v) is 12.3. The average Bonchev–Trinajstić information content (AvgIpc) is 2.59. The van der Waals surface area contributed by atoms with E-state index in [1.807, 2.05) is 6.92 Å². The van der Waals surface area contributed by atoms with Crippen molar-refractivity contribution in [3.8, 4) is 0 Å². The molecule has 1 fully saturated rings. The van der Waals surface area contributed by atoms with Crippen LogP contribution in [0, 0.1) is 11.8 Å². The van der Waals surface area contributed by atoms with Crippen LogP contribution in [0.5, 0.6) is 0 Å². The van der Waals surface area contributed by atoms with E-state index in [9.17, 15) is 21.9 Å². The van der Waals surface area contributed by atoms with Crippen LogP contribution in [0.3, 0.4) is 0 Å². The second-order valence-electron chi connectivity index (χ2n) is 5.05. The topological polar surface area (TPSA) is 88.5 Å². The van der Waals surface area contributed by atoms with Crippen LogP contribution in [0.4, 0.5) is 0 Å². The molecule has 0 radical (unpaired) electrons. The average molecular weight is 298 g/mol. The summed E-state index contributed by atoms with van der Waals surface area (Å²) in [5, 5.41) is 9.29. The van der Waals surface area contributed by atoms with Gasteiger partial charge in [-0.05, 0) is 31.1 Å². The quantitative estimate of drug-likeness (QED) is 0.727. The number of hydrogen-bond donors (Lipinski definition) is 1. The highest BCUT2D eigenvalue weighted by atomic mass is 32.2. The summed E-state index contributed by atoms with van der Waals surface area (Å²) in [6.45, 7) is 1.67. The number of hydrogen-bond acceptors (Lipinski definition) is 5. The Kier molecular flexibility index (Phi) is 5.61. The minimum Gasteiger partial charge on any atom is -0.396 e. The van der Waals surface area contributed by atoms with E-state index in [-0.39, 0.29) is 41.5 Å². The largest absolute Gasteiger partial charge is 0.396 e. The van der Waals surface area contributed by atoms with E-state index in [1.54, 1.807) is 0 Å². The lowest BCUT2D eigenvalue weighted by Crippen LogP contribution is -2.23. The molecule has 5 nitrogen and oxygen atoms in total. The van der Waals surface area contributed by atoms with Crippen molar-refractivity contribution in [2.45, 2.75) is 26.2 Å². The fourth-order valence-electron chi connectivity index (χ4n) is 2.42. The highest BCUT2D eigenvalue weighted by Crippen LogP contribution is 2.28. The van der Waals surface area contributed by atoms with E-state index in [2.05, 4.69) is 0 Å². The summed E-state index contributed by atoms with van der Waals surface area (Å²) in [7, 11) is -6.03. The molecule has 0 aromatic carbocycles. The normalized spacial score (nSPS) is 25.1. The van der Waals surface area contributed by atoms with Crippen molar-refractivity contribution in [2.75, 3.05) is 29.6 Å². The number of aliphatic hydroxyl groups excluding tert-OH is 1. The molecule has 0 spiro atoms. The Labute approximate surface area is 109 Å². The van der Waals surface area contributed by atoms with E-state index < -0.39 is 19.7 Å². The lowest BCUT2D eigenvalue weighted by Gasteiger charge is -2.19. The zero-order valence-electron chi connectivity index (χ0n) is 10.7. The molecule has 1 aliphatic rings. The van der Waals surface area contributed by atoms with Crippen molar-refractivity contribution in [2.24, 2.45) is 11.8 Å². The number of sulfone groups is 2. The summed E-state index contributed by atoms with van der Waals surface area (Å²) in [6, 6.07) is 0. The fourth-order valence-corrected chi connectivity index (χ4v) is 5.82. The first kappa shape index (κ1) is 15.9. The maximum atomic E-state index is 11.6. The van der Waals surface area contributed by atoms with Gasteiger partial charge in [-0.2, -0.15) is 0 Å². The van der Waals surface area contributed by atoms with E-state index >= 15 is 0 Å². The van der Waals surface area contributed by atoms with Gasteiger partial charge < -0.3 is 5.11 Å². The second-order valence-corrected chi connectivity index (χ2v) is 9.58. The summed E-state index contributed by atoms with van der Waals surface area (Å²) in [4.78, 5) is 0. The standard InChI is InChI=1S/C11H22O5S2/c1-2-5-17(13,14)6-3-10(8-12)11-4-7-18(15,16)9-11/h10-12H,2-9H2,1H3. The van der Waals surface area contributed by atoms with Crippen molar-refractivity contribution in [1.29, 1.82) is 0 Å². The molecule has 1 heterocycles. The predicted octanol–water partition coefficient (Wildman–Crippen LogP) is 0.245. The minimum atomic E-state index is -3.06. The molecule has 18 heavy (non-hydrogen) atoms. The third kappa shape index (κ3) is 4.85. The van der Waals surface area contributed by atoms with Gasteiger partial charge in [-0.25, -0.2) is 16.8 Å². The van der Waals surface area contributed by atoms with Crippen molar-refractivity contribution in [3.63, 3.8) is 0 Å². The lowest BCUT2D eigenvalue weighted by molar-refractivity contribution is 0.181. The molecule has 0 aromatic heterocycles. The summed E-state index contributed by atoms with van der Waals surface area (Å²) in [6.07, 6.45) is 1.49. The van der Waals surface area contributed by atoms with Crippen LogP contribution >= 0.6 is 0 Å². The maximum Gasteiger partial charge on any atom is 0.150 e. The lowest BCUT2D eigenvalue weighted by atomic mass is 9.90. The second kappa shape index (κ2) is 6.34. The van der Waals surface area contributed by atoms with E-state index in [0.29, 0.717) is 19.3 Å². The van der Waals surface area contributed by atoms with Crippen LogP contribution in [-0.2, 0) is 19.7 Å². The van der Waals surface area contributed by atoms with Crippen LogP contribution < -0.4 is 0 Å². The van der Waals surface area contributed by atoms with Gasteiger partial charge in [0.15, 0.2) is 9.84 Å². The molecular formula is C11H22O5S2. The Balaban J connectivity index is 2.54. The molecule has 0 saturated carbocycles. The van der Waals surface area contributed by atoms with Gasteiger partial charge in [-0.15, -0.1) is 0 Å². The molecule has 2 atom stereocenters. The van der Waals surface area contributed by atoms with Gasteiger partial charge in [-0.3, -0.25) is 0 Å². The van der Waals surface area contributed by atoms with E-state index in [4.69, 9.17) is 0 Å². The van der Waals surface area contributed by atoms with Gasteiger partial charge in [0.05, 0.1) is 17.3 Å². The predicted molar refractivity (Wildman–Crippen MR) is 70.9 cm³/mol. The van der Waals surface area contributed by atoms with Gasteiger partial charge in [0.1, 0.15) is 9.84 Å². The Morgan fingerprint density at radius 1 is 1.33 bits per heavy atom. The Bertz CT molecular complexity index is 452. The fraction of sp³-hybridized carbons (Fsp3) is 1.00. The number of rotatable bonds is 7. The van der Waals surface area contributed by atoms with E-state index in [0.717, 1.165) is 0 Å². The molecule has 0 amide bonds. The molecular weight excluding hydrogens is 276 g/mol. The molecule has 7 heteroatoms. The Hall–Kier alpha value is -0.140. The highest BCUT2D eigenvalue weighted by molar-refractivity contribution is 7.91. The summed E-state index contributed by atoms with van der Waals surface area (Å²) >= 11 is 0. The summed E-state index contributed by atoms with van der Waals surface area (Å²) < 4.78 is 45.9. The van der Waals surface area contributed by atoms with Crippen LogP contribution in [-0.4, -0.2) is 51.6 Å². The zero-order chi connectivity index (χ0) is 13.8. The van der Waals surface area contributed by atoms with Crippen molar-refractivity contribution in [3.05, 3.63) is 0 Å². The van der Waals surface area contributed by atoms with Gasteiger partial charge in [-0.1, -0.05) is 6.92 Å². The molecule has 1 N–H and O–H groups in total. The Morgan fingerprint density at radius 2 is 2.00 bits per heavy atom. The van der Waals surface area contributed by atoms with Gasteiger partial charge in [0.2, 0.25) is 0 Å². The molecule has 2 unspecified atom stereocenters. The first-order valence-corrected chi connectivity index (χ1v) is 9.95. The molecule has 0 aliphatic carbocycles. The van der Waals surface area contributed by atoms with Crippen LogP contribution in [0.15, 0.2) is 0 Å². The monoisotopic (exact) mass is 298 g/mol. The van der Waals surface area contributed by atoms with Gasteiger partial charge in [0, 0.05) is 12.4 Å². The highest BCUT2D eigenvalue weighted by Gasteiger charge is 2.33. The molecule has 1 aliphatic heterocycles. The minimum absolute atomic E-state index is 0.0443. The van der Waals surface area contributed by atoms with Gasteiger partial charge >= 0.3 is 0 Å². The molecule has 0 bridgehead atoms. The number of aliphatic hydroxyl groups is 1. The summed E-state index contributed by atoms with van der Waals surface area (Å²) in [5.74, 6) is 0.157. The van der Waals surface area contributed by atoms with Crippen molar-refractivity contribution in [1.82, 2.24) is 0 Å². The van der Waals surface area contributed by atoms with Crippen LogP contribution in [0.2, 0.25) is 0 Å². The summed E-state index contributed by atoms with van der Waals surface area (Å²) in [5.41, 5.74) is 0. The van der Waals surface area contributed by atoms with Crippen LogP contribution in [0.1, 0.15) is 26.2 Å². The third-order valence-electron chi connectivity index (χ3n) is 3.48. The maximum absolute atomic E-state index is 11.6. The first-order chi connectivity index (χ1) is 8.29. The van der Waals surface area contributed by atoms with E-state index in [1.165, 1.54) is 0 Å². The SMILES string of the molecule is CCCS(=O)(=O)CCC(CO)C1CCS(=O)(=O)C1. The third-order valence-corrected chi connectivity index (χ3v) is 7.17. The Morgan fingerprint density at radius 3 is 2.44 bits per heavy atom. The smallest absolute Gasteiger partial charge is 0.150 e. The first-order valence-electron chi connectivity index (χ1n) is 6.31.